The predicted molar refractivity (Wildman–Crippen MR) is 52.8 cm³/mol. The summed E-state index contributed by atoms with van der Waals surface area (Å²) in [6, 6.07) is 4.82. The molecule has 0 aliphatic rings. The number of phenolic OH excluding ortho intramolecular Hbond substituents is 1. The van der Waals surface area contributed by atoms with Gasteiger partial charge < -0.3 is 5.11 Å². The summed E-state index contributed by atoms with van der Waals surface area (Å²) < 4.78 is 0. The summed E-state index contributed by atoms with van der Waals surface area (Å²) in [5, 5.41) is 9.79. The average molecular weight is 197 g/mol. The molecule has 68 valence electrons. The molecule has 0 fully saturated rings. The van der Waals surface area contributed by atoms with Crippen molar-refractivity contribution < 1.29 is 9.90 Å². The van der Waals surface area contributed by atoms with Gasteiger partial charge in [-0.2, -0.15) is 0 Å². The van der Waals surface area contributed by atoms with Crippen molar-refractivity contribution in [2.45, 2.75) is 6.92 Å². The van der Waals surface area contributed by atoms with Crippen molar-refractivity contribution in [2.24, 2.45) is 0 Å². The van der Waals surface area contributed by atoms with Gasteiger partial charge in [0.1, 0.15) is 5.75 Å². The van der Waals surface area contributed by atoms with Crippen molar-refractivity contribution in [2.75, 3.05) is 0 Å². The molecule has 0 spiro atoms. The maximum absolute atomic E-state index is 10.6. The minimum Gasteiger partial charge on any atom is -0.507 e. The Bertz CT molecular complexity index is 336. The first kappa shape index (κ1) is 9.81. The smallest absolute Gasteiger partial charge is 0.152 e. The van der Waals surface area contributed by atoms with Gasteiger partial charge in [-0.05, 0) is 31.2 Å². The molecule has 0 bridgehead atoms. The Hall–Kier alpha value is -1.28. The van der Waals surface area contributed by atoms with E-state index in [1.54, 1.807) is 12.1 Å². The number of hydrogen-bond donors (Lipinski definition) is 1. The zero-order valence-corrected chi connectivity index (χ0v) is 7.88. The van der Waals surface area contributed by atoms with E-state index < -0.39 is 0 Å². The van der Waals surface area contributed by atoms with Crippen LogP contribution >= 0.6 is 11.6 Å². The molecular formula is C10H9ClO2. The Kier molecular flexibility index (Phi) is 3.09. The third-order valence-corrected chi connectivity index (χ3v) is 1.84. The molecule has 0 aromatic heterocycles. The second-order valence-electron chi connectivity index (χ2n) is 2.62. The Morgan fingerprint density at radius 2 is 2.23 bits per heavy atom. The maximum Gasteiger partial charge on any atom is 0.152 e. The highest BCUT2D eigenvalue weighted by atomic mass is 35.5. The van der Waals surface area contributed by atoms with Gasteiger partial charge in [-0.1, -0.05) is 17.7 Å². The summed E-state index contributed by atoms with van der Waals surface area (Å²) in [7, 11) is 0. The zero-order chi connectivity index (χ0) is 9.84. The van der Waals surface area contributed by atoms with Crippen LogP contribution in [0.1, 0.15) is 12.5 Å². The second-order valence-corrected chi connectivity index (χ2v) is 3.02. The van der Waals surface area contributed by atoms with E-state index in [9.17, 15) is 9.90 Å². The number of carbonyl (C=O) groups is 1. The molecule has 0 aliphatic heterocycles. The van der Waals surface area contributed by atoms with Gasteiger partial charge in [0, 0.05) is 5.56 Å². The molecule has 1 aromatic carbocycles. The number of benzene rings is 1. The van der Waals surface area contributed by atoms with Crippen LogP contribution in [0, 0.1) is 0 Å². The Balaban J connectivity index is 3.06. The summed E-state index contributed by atoms with van der Waals surface area (Å²) in [4.78, 5) is 10.6. The topological polar surface area (TPSA) is 37.3 Å². The lowest BCUT2D eigenvalue weighted by Crippen LogP contribution is -1.81. The molecule has 0 saturated carbocycles. The highest BCUT2D eigenvalue weighted by molar-refractivity contribution is 6.32. The lowest BCUT2D eigenvalue weighted by atomic mass is 10.2. The fraction of sp³-hybridized carbons (Fsp3) is 0.100. The lowest BCUT2D eigenvalue weighted by molar-refractivity contribution is -0.112. The first-order valence-electron chi connectivity index (χ1n) is 3.77. The average Bonchev–Trinajstić information content (AvgIpc) is 2.03. The molecular weight excluding hydrogens is 188 g/mol. The molecule has 0 amide bonds. The van der Waals surface area contributed by atoms with Crippen molar-refractivity contribution in [3.05, 3.63) is 34.9 Å². The molecule has 13 heavy (non-hydrogen) atoms. The molecule has 0 radical (unpaired) electrons. The molecule has 1 aromatic rings. The number of halogens is 1. The molecule has 0 atom stereocenters. The van der Waals surface area contributed by atoms with E-state index >= 15 is 0 Å². The Labute approximate surface area is 81.5 Å². The number of ketones is 1. The molecule has 1 N–H and O–H groups in total. The Morgan fingerprint density at radius 3 is 2.77 bits per heavy atom. The van der Waals surface area contributed by atoms with Gasteiger partial charge in [0.05, 0.1) is 5.02 Å². The largest absolute Gasteiger partial charge is 0.507 e. The summed E-state index contributed by atoms with van der Waals surface area (Å²) in [5.41, 5.74) is 0.472. The number of rotatable bonds is 2. The Morgan fingerprint density at radius 1 is 1.54 bits per heavy atom. The van der Waals surface area contributed by atoms with Crippen LogP contribution in [0.2, 0.25) is 5.02 Å². The van der Waals surface area contributed by atoms with Gasteiger partial charge >= 0.3 is 0 Å². The van der Waals surface area contributed by atoms with E-state index in [0.717, 1.165) is 0 Å². The van der Waals surface area contributed by atoms with Gasteiger partial charge in [-0.15, -0.1) is 0 Å². The maximum atomic E-state index is 10.6. The SMILES string of the molecule is CC(=O)/C=C/c1c(O)cccc1Cl. The van der Waals surface area contributed by atoms with E-state index in [1.165, 1.54) is 25.1 Å². The highest BCUT2D eigenvalue weighted by Crippen LogP contribution is 2.26. The normalized spacial score (nSPS) is 10.6. The van der Waals surface area contributed by atoms with Gasteiger partial charge in [0.25, 0.3) is 0 Å². The summed E-state index contributed by atoms with van der Waals surface area (Å²) >= 11 is 5.79. The predicted octanol–water partition coefficient (Wildman–Crippen LogP) is 2.65. The van der Waals surface area contributed by atoms with Crippen LogP contribution < -0.4 is 0 Å². The monoisotopic (exact) mass is 196 g/mol. The molecule has 2 nitrogen and oxygen atoms in total. The van der Waals surface area contributed by atoms with Gasteiger partial charge in [-0.3, -0.25) is 4.79 Å². The summed E-state index contributed by atoms with van der Waals surface area (Å²) in [6.45, 7) is 1.43. The summed E-state index contributed by atoms with van der Waals surface area (Å²) in [6.07, 6.45) is 2.86. The van der Waals surface area contributed by atoms with Crippen molar-refractivity contribution in [3.8, 4) is 5.75 Å². The molecule has 0 heterocycles. The molecule has 3 heteroatoms. The van der Waals surface area contributed by atoms with Crippen LogP contribution in [0.4, 0.5) is 0 Å². The van der Waals surface area contributed by atoms with Crippen molar-refractivity contribution in [1.29, 1.82) is 0 Å². The quantitative estimate of drug-likeness (QED) is 0.739. The van der Waals surface area contributed by atoms with E-state index in [2.05, 4.69) is 0 Å². The fourth-order valence-corrected chi connectivity index (χ4v) is 1.12. The first-order valence-corrected chi connectivity index (χ1v) is 4.15. The number of hydrogen-bond acceptors (Lipinski definition) is 2. The van der Waals surface area contributed by atoms with Crippen LogP contribution in [-0.4, -0.2) is 10.9 Å². The zero-order valence-electron chi connectivity index (χ0n) is 7.12. The van der Waals surface area contributed by atoms with Crippen LogP contribution in [0.5, 0.6) is 5.75 Å². The van der Waals surface area contributed by atoms with E-state index in [1.807, 2.05) is 0 Å². The first-order chi connectivity index (χ1) is 6.11. The van der Waals surface area contributed by atoms with Gasteiger partial charge in [-0.25, -0.2) is 0 Å². The van der Waals surface area contributed by atoms with E-state index in [0.29, 0.717) is 10.6 Å². The van der Waals surface area contributed by atoms with Gasteiger partial charge in [0.2, 0.25) is 0 Å². The number of phenols is 1. The molecule has 0 aliphatic carbocycles. The van der Waals surface area contributed by atoms with Crippen molar-refractivity contribution in [3.63, 3.8) is 0 Å². The van der Waals surface area contributed by atoms with E-state index in [4.69, 9.17) is 11.6 Å². The van der Waals surface area contributed by atoms with Crippen LogP contribution in [0.25, 0.3) is 6.08 Å². The van der Waals surface area contributed by atoms with E-state index in [-0.39, 0.29) is 11.5 Å². The number of allylic oxidation sites excluding steroid dienone is 1. The summed E-state index contributed by atoms with van der Waals surface area (Å²) in [5.74, 6) is -0.00989. The lowest BCUT2D eigenvalue weighted by Gasteiger charge is -1.99. The minimum absolute atomic E-state index is 0.0741. The van der Waals surface area contributed by atoms with Crippen molar-refractivity contribution >= 4 is 23.5 Å². The highest BCUT2D eigenvalue weighted by Gasteiger charge is 2.01. The minimum atomic E-state index is -0.0840. The number of aromatic hydroxyl groups is 1. The molecule has 0 saturated heterocycles. The number of carbonyl (C=O) groups excluding carboxylic acids is 1. The van der Waals surface area contributed by atoms with Crippen LogP contribution in [0.15, 0.2) is 24.3 Å². The van der Waals surface area contributed by atoms with Crippen LogP contribution in [0.3, 0.4) is 0 Å². The third-order valence-electron chi connectivity index (χ3n) is 1.51. The van der Waals surface area contributed by atoms with Gasteiger partial charge in [0.15, 0.2) is 5.78 Å². The molecule has 1 rings (SSSR count). The standard InChI is InChI=1S/C10H9ClO2/c1-7(12)5-6-8-9(11)3-2-4-10(8)13/h2-6,13H,1H3/b6-5+. The van der Waals surface area contributed by atoms with Crippen LogP contribution in [-0.2, 0) is 4.79 Å². The molecule has 0 unspecified atom stereocenters. The third kappa shape index (κ3) is 2.60. The fourth-order valence-electron chi connectivity index (χ4n) is 0.891. The second kappa shape index (κ2) is 4.10. The van der Waals surface area contributed by atoms with Crippen molar-refractivity contribution in [1.82, 2.24) is 0 Å².